The zero-order chi connectivity index (χ0) is 24.9. The van der Waals surface area contributed by atoms with Gasteiger partial charge in [-0.2, -0.15) is 9.78 Å². The molecule has 3 aromatic carbocycles. The molecular formula is C26H22BrClFN3O3. The van der Waals surface area contributed by atoms with Crippen molar-refractivity contribution in [2.75, 3.05) is 7.11 Å². The van der Waals surface area contributed by atoms with Crippen LogP contribution in [0.5, 0.6) is 11.5 Å². The highest BCUT2D eigenvalue weighted by Crippen LogP contribution is 2.36. The summed E-state index contributed by atoms with van der Waals surface area (Å²) in [7, 11) is 1.50. The van der Waals surface area contributed by atoms with Crippen LogP contribution in [0.2, 0.25) is 5.02 Å². The highest BCUT2D eigenvalue weighted by molar-refractivity contribution is 9.10. The minimum Gasteiger partial charge on any atom is -0.493 e. The number of fused-ring (bicyclic) bond motifs is 1. The molecule has 0 amide bonds. The number of benzene rings is 3. The van der Waals surface area contributed by atoms with Gasteiger partial charge in [-0.15, -0.1) is 0 Å². The second-order valence-electron chi connectivity index (χ2n) is 7.75. The molecule has 0 bridgehead atoms. The van der Waals surface area contributed by atoms with Gasteiger partial charge < -0.3 is 9.47 Å². The number of nitrogens with zero attached hydrogens (tertiary/aromatic N) is 3. The van der Waals surface area contributed by atoms with Crippen molar-refractivity contribution < 1.29 is 13.9 Å². The lowest BCUT2D eigenvalue weighted by Gasteiger charge is -2.13. The molecule has 180 valence electrons. The van der Waals surface area contributed by atoms with Crippen LogP contribution in [0.1, 0.15) is 30.3 Å². The minimum absolute atomic E-state index is 0.120. The van der Waals surface area contributed by atoms with E-state index in [2.05, 4.69) is 26.0 Å². The molecule has 0 aliphatic heterocycles. The highest BCUT2D eigenvalue weighted by Gasteiger charge is 2.14. The van der Waals surface area contributed by atoms with Crippen molar-refractivity contribution >= 4 is 44.6 Å². The first-order chi connectivity index (χ1) is 16.9. The molecule has 0 saturated heterocycles. The first kappa shape index (κ1) is 24.9. The maximum atomic E-state index is 13.5. The quantitative estimate of drug-likeness (QED) is 0.236. The molecule has 6 nitrogen and oxygen atoms in total. The Kier molecular flexibility index (Phi) is 7.83. The molecule has 0 radical (unpaired) electrons. The number of rotatable bonds is 8. The molecule has 1 aromatic heterocycles. The number of ether oxygens (including phenoxy) is 2. The van der Waals surface area contributed by atoms with Crippen molar-refractivity contribution in [3.63, 3.8) is 0 Å². The first-order valence-corrected chi connectivity index (χ1v) is 12.1. The monoisotopic (exact) mass is 557 g/mol. The molecule has 0 atom stereocenters. The van der Waals surface area contributed by atoms with Gasteiger partial charge in [-0.05, 0) is 60.0 Å². The van der Waals surface area contributed by atoms with Crippen LogP contribution in [0.25, 0.3) is 10.9 Å². The van der Waals surface area contributed by atoms with E-state index in [-0.39, 0.29) is 18.0 Å². The SMILES string of the molecule is CCCc1nc2ccc(Br)cc2c(=O)n1N=Cc1cc(Cl)c(OCc2cccc(F)c2)c(OC)c1. The van der Waals surface area contributed by atoms with Gasteiger partial charge in [-0.3, -0.25) is 4.79 Å². The van der Waals surface area contributed by atoms with E-state index in [0.717, 1.165) is 10.9 Å². The molecule has 4 rings (SSSR count). The molecule has 0 saturated carbocycles. The Balaban J connectivity index is 1.67. The average Bonchev–Trinajstić information content (AvgIpc) is 2.83. The summed E-state index contributed by atoms with van der Waals surface area (Å²) in [6, 6.07) is 14.9. The van der Waals surface area contributed by atoms with Crippen LogP contribution in [0.3, 0.4) is 0 Å². The Morgan fingerprint density at radius 3 is 2.77 bits per heavy atom. The van der Waals surface area contributed by atoms with Gasteiger partial charge in [-0.25, -0.2) is 9.37 Å². The minimum atomic E-state index is -0.344. The van der Waals surface area contributed by atoms with E-state index in [9.17, 15) is 9.18 Å². The van der Waals surface area contributed by atoms with Crippen LogP contribution in [-0.2, 0) is 13.0 Å². The maximum absolute atomic E-state index is 13.5. The smallest absolute Gasteiger partial charge is 0.282 e. The van der Waals surface area contributed by atoms with Crippen molar-refractivity contribution in [2.24, 2.45) is 5.10 Å². The number of aromatic nitrogens is 2. The molecule has 0 fully saturated rings. The van der Waals surface area contributed by atoms with E-state index < -0.39 is 0 Å². The van der Waals surface area contributed by atoms with Crippen LogP contribution in [0, 0.1) is 5.82 Å². The van der Waals surface area contributed by atoms with Crippen LogP contribution in [-0.4, -0.2) is 23.0 Å². The Morgan fingerprint density at radius 2 is 2.03 bits per heavy atom. The summed E-state index contributed by atoms with van der Waals surface area (Å²) in [5.41, 5.74) is 1.63. The lowest BCUT2D eigenvalue weighted by molar-refractivity contribution is 0.284. The summed E-state index contributed by atoms with van der Waals surface area (Å²) in [5, 5.41) is 5.19. The average molecular weight is 559 g/mol. The Morgan fingerprint density at radius 1 is 1.20 bits per heavy atom. The van der Waals surface area contributed by atoms with Crippen LogP contribution in [0.15, 0.2) is 69.0 Å². The van der Waals surface area contributed by atoms with Crippen molar-refractivity contribution in [2.45, 2.75) is 26.4 Å². The van der Waals surface area contributed by atoms with Crippen molar-refractivity contribution in [3.8, 4) is 11.5 Å². The van der Waals surface area contributed by atoms with Gasteiger partial charge in [-0.1, -0.05) is 46.6 Å². The van der Waals surface area contributed by atoms with E-state index >= 15 is 0 Å². The van der Waals surface area contributed by atoms with E-state index in [1.54, 1.807) is 36.4 Å². The van der Waals surface area contributed by atoms with Crippen LogP contribution in [0.4, 0.5) is 4.39 Å². The van der Waals surface area contributed by atoms with Gasteiger partial charge in [0, 0.05) is 10.9 Å². The third kappa shape index (κ3) is 5.71. The van der Waals surface area contributed by atoms with E-state index in [0.29, 0.717) is 50.8 Å². The molecular weight excluding hydrogens is 537 g/mol. The lowest BCUT2D eigenvalue weighted by atomic mass is 10.2. The zero-order valence-electron chi connectivity index (χ0n) is 19.1. The van der Waals surface area contributed by atoms with Gasteiger partial charge in [0.05, 0.1) is 29.2 Å². The highest BCUT2D eigenvalue weighted by atomic mass is 79.9. The Hall–Kier alpha value is -3.23. The van der Waals surface area contributed by atoms with Gasteiger partial charge in [0.2, 0.25) is 0 Å². The summed E-state index contributed by atoms with van der Waals surface area (Å²) >= 11 is 9.88. The normalized spacial score (nSPS) is 11.3. The van der Waals surface area contributed by atoms with E-state index in [1.807, 2.05) is 13.0 Å². The van der Waals surface area contributed by atoms with Gasteiger partial charge in [0.1, 0.15) is 18.2 Å². The molecule has 0 unspecified atom stereocenters. The zero-order valence-corrected chi connectivity index (χ0v) is 21.4. The number of hydrogen-bond acceptors (Lipinski definition) is 5. The van der Waals surface area contributed by atoms with Gasteiger partial charge in [0.25, 0.3) is 5.56 Å². The second-order valence-corrected chi connectivity index (χ2v) is 9.08. The summed E-state index contributed by atoms with van der Waals surface area (Å²) in [5.74, 6) is 0.939. The predicted octanol–water partition coefficient (Wildman–Crippen LogP) is 6.37. The molecule has 0 N–H and O–H groups in total. The van der Waals surface area contributed by atoms with Crippen LogP contribution < -0.4 is 15.0 Å². The maximum Gasteiger partial charge on any atom is 0.282 e. The molecule has 0 spiro atoms. The number of aryl methyl sites for hydroxylation is 1. The predicted molar refractivity (Wildman–Crippen MR) is 139 cm³/mol. The summed E-state index contributed by atoms with van der Waals surface area (Å²) in [4.78, 5) is 17.8. The summed E-state index contributed by atoms with van der Waals surface area (Å²) in [6.07, 6.45) is 2.92. The lowest BCUT2D eigenvalue weighted by Crippen LogP contribution is -2.22. The van der Waals surface area contributed by atoms with Gasteiger partial charge in [0.15, 0.2) is 11.5 Å². The fourth-order valence-corrected chi connectivity index (χ4v) is 4.20. The molecule has 35 heavy (non-hydrogen) atoms. The number of hydrogen-bond donors (Lipinski definition) is 0. The van der Waals surface area contributed by atoms with E-state index in [4.69, 9.17) is 21.1 Å². The summed E-state index contributed by atoms with van der Waals surface area (Å²) < 4.78 is 26.8. The van der Waals surface area contributed by atoms with Crippen molar-refractivity contribution in [1.29, 1.82) is 0 Å². The Labute approximate surface area is 215 Å². The fraction of sp³-hybridized carbons (Fsp3) is 0.192. The third-order valence-corrected chi connectivity index (χ3v) is 5.97. The second kappa shape index (κ2) is 11.0. The standard InChI is InChI=1S/C26H22BrClFN3O3/c1-3-5-24-31-22-9-8-18(27)13-20(22)26(33)32(24)30-14-17-11-21(28)25(23(12-17)34-2)35-15-16-6-4-7-19(29)10-16/h4,6-14H,3,5,15H2,1-2H3. The van der Waals surface area contributed by atoms with Crippen LogP contribution >= 0.6 is 27.5 Å². The Bertz CT molecular complexity index is 1470. The first-order valence-electron chi connectivity index (χ1n) is 10.9. The summed E-state index contributed by atoms with van der Waals surface area (Å²) in [6.45, 7) is 2.13. The van der Waals surface area contributed by atoms with E-state index in [1.165, 1.54) is 30.1 Å². The molecule has 9 heteroatoms. The molecule has 1 heterocycles. The van der Waals surface area contributed by atoms with Gasteiger partial charge >= 0.3 is 0 Å². The van der Waals surface area contributed by atoms with Crippen molar-refractivity contribution in [1.82, 2.24) is 9.66 Å². The molecule has 0 aliphatic rings. The number of halogens is 3. The third-order valence-electron chi connectivity index (χ3n) is 5.20. The molecule has 0 aliphatic carbocycles. The fourth-order valence-electron chi connectivity index (χ4n) is 3.56. The number of methoxy groups -OCH3 is 1. The topological polar surface area (TPSA) is 65.7 Å². The largest absolute Gasteiger partial charge is 0.493 e. The molecule has 4 aromatic rings. The van der Waals surface area contributed by atoms with Crippen molar-refractivity contribution in [3.05, 3.63) is 97.2 Å².